The van der Waals surface area contributed by atoms with Crippen molar-refractivity contribution in [1.82, 2.24) is 0 Å². The number of esters is 1. The van der Waals surface area contributed by atoms with Gasteiger partial charge in [-0.2, -0.15) is 0 Å². The summed E-state index contributed by atoms with van der Waals surface area (Å²) in [6, 6.07) is 11.2. The van der Waals surface area contributed by atoms with E-state index in [0.717, 1.165) is 0 Å². The van der Waals surface area contributed by atoms with Gasteiger partial charge in [0.25, 0.3) is 0 Å². The van der Waals surface area contributed by atoms with E-state index in [2.05, 4.69) is 15.9 Å². The van der Waals surface area contributed by atoms with Crippen molar-refractivity contribution >= 4 is 45.1 Å². The first-order valence-electron chi connectivity index (χ1n) is 7.89. The first-order valence-corrected chi connectivity index (χ1v) is 9.06. The third-order valence-electron chi connectivity index (χ3n) is 4.54. The highest BCUT2D eigenvalue weighted by Gasteiger charge is 2.43. The third kappa shape index (κ3) is 2.83. The molecule has 2 heterocycles. The Balaban J connectivity index is 1.85. The van der Waals surface area contributed by atoms with Gasteiger partial charge in [0, 0.05) is 27.5 Å². The highest BCUT2D eigenvalue weighted by atomic mass is 79.9. The zero-order valence-corrected chi connectivity index (χ0v) is 15.7. The minimum Gasteiger partial charge on any atom is -0.456 e. The molecule has 0 bridgehead atoms. The largest absolute Gasteiger partial charge is 0.456 e. The van der Waals surface area contributed by atoms with Crippen molar-refractivity contribution in [3.63, 3.8) is 0 Å². The van der Waals surface area contributed by atoms with Gasteiger partial charge in [-0.3, -0.25) is 9.69 Å². The van der Waals surface area contributed by atoms with Crippen LogP contribution in [-0.2, 0) is 14.3 Å². The molecule has 0 aromatic heterocycles. The summed E-state index contributed by atoms with van der Waals surface area (Å²) >= 11 is 9.23. The van der Waals surface area contributed by atoms with Crippen LogP contribution in [0.5, 0.6) is 0 Å². The lowest BCUT2D eigenvalue weighted by Gasteiger charge is -2.32. The van der Waals surface area contributed by atoms with Crippen molar-refractivity contribution in [2.75, 3.05) is 11.5 Å². The van der Waals surface area contributed by atoms with E-state index < -0.39 is 17.7 Å². The fourth-order valence-electron chi connectivity index (χ4n) is 3.39. The number of halogens is 3. The monoisotopic (exact) mass is 435 g/mol. The Labute approximate surface area is 162 Å². The summed E-state index contributed by atoms with van der Waals surface area (Å²) in [5, 5.41) is 0.542. The van der Waals surface area contributed by atoms with E-state index in [-0.39, 0.29) is 18.9 Å². The van der Waals surface area contributed by atoms with Gasteiger partial charge in [0.15, 0.2) is 0 Å². The summed E-state index contributed by atoms with van der Waals surface area (Å²) in [7, 11) is 0. The van der Waals surface area contributed by atoms with E-state index in [1.54, 1.807) is 36.4 Å². The van der Waals surface area contributed by atoms with Crippen molar-refractivity contribution in [2.24, 2.45) is 0 Å². The minimum atomic E-state index is -0.673. The zero-order valence-electron chi connectivity index (χ0n) is 13.3. The van der Waals surface area contributed by atoms with Crippen LogP contribution in [0.4, 0.5) is 10.1 Å². The van der Waals surface area contributed by atoms with Gasteiger partial charge in [-0.15, -0.1) is 0 Å². The number of anilines is 1. The van der Waals surface area contributed by atoms with Crippen molar-refractivity contribution < 1.29 is 18.7 Å². The van der Waals surface area contributed by atoms with Crippen LogP contribution in [-0.4, -0.2) is 18.5 Å². The van der Waals surface area contributed by atoms with Gasteiger partial charge in [-0.1, -0.05) is 27.5 Å². The summed E-state index contributed by atoms with van der Waals surface area (Å²) in [5.41, 5.74) is 1.68. The number of benzene rings is 2. The molecule has 0 saturated carbocycles. The smallest absolute Gasteiger partial charge is 0.336 e. The fourth-order valence-corrected chi connectivity index (χ4v) is 3.90. The van der Waals surface area contributed by atoms with Crippen molar-refractivity contribution in [2.45, 2.75) is 12.3 Å². The number of rotatable bonds is 2. The molecular weight excluding hydrogens is 425 g/mol. The summed E-state index contributed by atoms with van der Waals surface area (Å²) < 4.78 is 20.2. The van der Waals surface area contributed by atoms with Crippen LogP contribution in [0.3, 0.4) is 0 Å². The second kappa shape index (κ2) is 6.52. The topological polar surface area (TPSA) is 46.6 Å². The Morgan fingerprint density at radius 1 is 1.15 bits per heavy atom. The Hall–Kier alpha value is -2.18. The Kier molecular flexibility index (Phi) is 4.32. The van der Waals surface area contributed by atoms with Gasteiger partial charge in [0.05, 0.1) is 11.3 Å². The Morgan fingerprint density at radius 2 is 1.88 bits per heavy atom. The molecule has 4 rings (SSSR count). The zero-order chi connectivity index (χ0) is 18.4. The summed E-state index contributed by atoms with van der Waals surface area (Å²) in [6.07, 6.45) is -0.0239. The normalized spacial score (nSPS) is 19.7. The van der Waals surface area contributed by atoms with Crippen LogP contribution >= 0.6 is 27.5 Å². The molecule has 0 fully saturated rings. The van der Waals surface area contributed by atoms with Gasteiger partial charge >= 0.3 is 5.97 Å². The number of hydrogen-bond acceptors (Lipinski definition) is 3. The number of ether oxygens (including phenoxy) is 1. The molecule has 132 valence electrons. The molecule has 1 amide bonds. The number of carbonyl (C=O) groups excluding carboxylic acids is 2. The van der Waals surface area contributed by atoms with Crippen molar-refractivity contribution in [1.29, 1.82) is 0 Å². The van der Waals surface area contributed by atoms with Gasteiger partial charge in [0.1, 0.15) is 12.4 Å². The molecule has 0 spiro atoms. The number of nitrogens with zero attached hydrogens (tertiary/aromatic N) is 1. The average molecular weight is 437 g/mol. The molecule has 1 unspecified atom stereocenters. The lowest BCUT2D eigenvalue weighted by molar-refractivity contribution is -0.136. The van der Waals surface area contributed by atoms with E-state index >= 15 is 0 Å². The molecule has 0 N–H and O–H groups in total. The van der Waals surface area contributed by atoms with E-state index in [9.17, 15) is 14.0 Å². The summed E-state index contributed by atoms with van der Waals surface area (Å²) in [4.78, 5) is 26.7. The Morgan fingerprint density at radius 3 is 2.62 bits per heavy atom. The highest BCUT2D eigenvalue weighted by Crippen LogP contribution is 2.43. The van der Waals surface area contributed by atoms with Crippen LogP contribution in [0.1, 0.15) is 17.9 Å². The number of cyclic esters (lactones) is 1. The Bertz CT molecular complexity index is 958. The molecule has 4 nitrogen and oxygen atoms in total. The standard InChI is InChI=1S/C19H12BrClFNO3/c20-10-1-6-15(22)13(7-10)14-8-17(24)23(12-4-2-11(21)3-5-12)16-9-26-19(25)18(14)16/h1-7,14H,8-9H2. The third-order valence-corrected chi connectivity index (χ3v) is 5.28. The maximum Gasteiger partial charge on any atom is 0.336 e. The molecule has 2 aromatic carbocycles. The van der Waals surface area contributed by atoms with Crippen molar-refractivity contribution in [3.05, 3.63) is 74.6 Å². The fraction of sp³-hybridized carbons (Fsp3) is 0.158. The maximum atomic E-state index is 14.4. The average Bonchev–Trinajstić information content (AvgIpc) is 2.99. The molecule has 1 atom stereocenters. The molecule has 0 saturated heterocycles. The quantitative estimate of drug-likeness (QED) is 0.648. The minimum absolute atomic E-state index is 0.0192. The van der Waals surface area contributed by atoms with E-state index in [1.807, 2.05) is 0 Å². The first kappa shape index (κ1) is 17.2. The molecule has 26 heavy (non-hydrogen) atoms. The predicted octanol–water partition coefficient (Wildman–Crippen LogP) is 4.57. The second-order valence-corrected chi connectivity index (χ2v) is 7.42. The van der Waals surface area contributed by atoms with Gasteiger partial charge in [0.2, 0.25) is 5.91 Å². The summed E-state index contributed by atoms with van der Waals surface area (Å²) in [6.45, 7) is -0.0192. The number of carbonyl (C=O) groups is 2. The molecular formula is C19H12BrClFNO3. The predicted molar refractivity (Wildman–Crippen MR) is 98.4 cm³/mol. The van der Waals surface area contributed by atoms with Crippen LogP contribution in [0.15, 0.2) is 58.2 Å². The number of amides is 1. The van der Waals surface area contributed by atoms with Crippen molar-refractivity contribution in [3.8, 4) is 0 Å². The molecule has 2 aliphatic rings. The highest BCUT2D eigenvalue weighted by molar-refractivity contribution is 9.10. The molecule has 0 radical (unpaired) electrons. The van der Waals surface area contributed by atoms with E-state index in [1.165, 1.54) is 11.0 Å². The SMILES string of the molecule is O=C1OCC2=C1C(c1cc(Br)ccc1F)CC(=O)N2c1ccc(Cl)cc1. The van der Waals surface area contributed by atoms with Gasteiger partial charge in [-0.05, 0) is 48.0 Å². The lowest BCUT2D eigenvalue weighted by atomic mass is 9.84. The molecule has 7 heteroatoms. The van der Waals surface area contributed by atoms with Crippen LogP contribution in [0.2, 0.25) is 5.02 Å². The van der Waals surface area contributed by atoms with Gasteiger partial charge < -0.3 is 4.74 Å². The van der Waals surface area contributed by atoms with E-state index in [4.69, 9.17) is 16.3 Å². The van der Waals surface area contributed by atoms with Crippen LogP contribution in [0.25, 0.3) is 0 Å². The van der Waals surface area contributed by atoms with Crippen LogP contribution in [0, 0.1) is 5.82 Å². The second-order valence-electron chi connectivity index (χ2n) is 6.06. The lowest BCUT2D eigenvalue weighted by Crippen LogP contribution is -2.37. The van der Waals surface area contributed by atoms with Crippen LogP contribution < -0.4 is 4.90 Å². The first-order chi connectivity index (χ1) is 12.5. The maximum absolute atomic E-state index is 14.4. The summed E-state index contributed by atoms with van der Waals surface area (Å²) in [5.74, 6) is -1.88. The number of hydrogen-bond donors (Lipinski definition) is 0. The van der Waals surface area contributed by atoms with E-state index in [0.29, 0.717) is 32.0 Å². The molecule has 2 aromatic rings. The molecule has 2 aliphatic heterocycles. The molecule has 0 aliphatic carbocycles. The van der Waals surface area contributed by atoms with Gasteiger partial charge in [-0.25, -0.2) is 9.18 Å².